The Morgan fingerprint density at radius 3 is 2.52 bits per heavy atom. The first-order chi connectivity index (χ1) is 12.1. The van der Waals surface area contributed by atoms with Crippen LogP contribution >= 0.6 is 0 Å². The summed E-state index contributed by atoms with van der Waals surface area (Å²) >= 11 is 0. The smallest absolute Gasteiger partial charge is 0.243 e. The third kappa shape index (κ3) is 2.86. The number of amides is 2. The van der Waals surface area contributed by atoms with Gasteiger partial charge in [-0.3, -0.25) is 14.7 Å². The second-order valence-electron chi connectivity index (χ2n) is 6.09. The van der Waals surface area contributed by atoms with E-state index in [1.54, 1.807) is 30.6 Å². The van der Waals surface area contributed by atoms with Crippen LogP contribution in [0.2, 0.25) is 0 Å². The summed E-state index contributed by atoms with van der Waals surface area (Å²) in [4.78, 5) is 27.7. The topological polar surface area (TPSA) is 103 Å². The molecule has 0 aliphatic carbocycles. The molecule has 3 heterocycles. The van der Waals surface area contributed by atoms with Crippen molar-refractivity contribution in [2.24, 2.45) is 0 Å². The van der Waals surface area contributed by atoms with E-state index in [0.717, 1.165) is 5.69 Å². The first kappa shape index (κ1) is 15.4. The zero-order chi connectivity index (χ0) is 17.4. The molecule has 1 fully saturated rings. The maximum Gasteiger partial charge on any atom is 0.243 e. The Morgan fingerprint density at radius 2 is 1.80 bits per heavy atom. The van der Waals surface area contributed by atoms with Gasteiger partial charge in [0.2, 0.25) is 11.8 Å². The molecule has 0 saturated carbocycles. The standard InChI is InChI=1S/C17H16FN5O2/c18-11-2-1-3-12-15(11)9(8-19-12)6-13-16(24)22-14(17(25)21-13)7-10-4-5-20-23-10/h1-5,8,13-14,19H,6-7H2,(H,20,23)(H,21,25)(H,22,24). The quantitative estimate of drug-likeness (QED) is 0.564. The molecule has 2 amide bonds. The fourth-order valence-corrected chi connectivity index (χ4v) is 3.17. The lowest BCUT2D eigenvalue weighted by Gasteiger charge is -2.29. The van der Waals surface area contributed by atoms with Crippen LogP contribution in [0, 0.1) is 5.82 Å². The lowest BCUT2D eigenvalue weighted by Crippen LogP contribution is -2.62. The summed E-state index contributed by atoms with van der Waals surface area (Å²) < 4.78 is 14.1. The van der Waals surface area contributed by atoms with E-state index < -0.39 is 12.1 Å². The number of piperazine rings is 1. The van der Waals surface area contributed by atoms with E-state index in [4.69, 9.17) is 0 Å². The Balaban J connectivity index is 1.50. The van der Waals surface area contributed by atoms with Gasteiger partial charge in [-0.15, -0.1) is 0 Å². The van der Waals surface area contributed by atoms with E-state index in [2.05, 4.69) is 25.8 Å². The molecule has 4 rings (SSSR count). The molecule has 4 N–H and O–H groups in total. The number of nitrogens with zero attached hydrogens (tertiary/aromatic N) is 1. The minimum absolute atomic E-state index is 0.218. The molecule has 7 nitrogen and oxygen atoms in total. The highest BCUT2D eigenvalue weighted by atomic mass is 19.1. The fraction of sp³-hybridized carbons (Fsp3) is 0.235. The van der Waals surface area contributed by atoms with E-state index in [0.29, 0.717) is 22.9 Å². The second kappa shape index (κ2) is 6.04. The predicted octanol–water partition coefficient (Wildman–Crippen LogP) is 0.798. The molecule has 0 radical (unpaired) electrons. The third-order valence-electron chi connectivity index (χ3n) is 4.41. The maximum atomic E-state index is 14.1. The number of fused-ring (bicyclic) bond motifs is 1. The van der Waals surface area contributed by atoms with Crippen molar-refractivity contribution in [3.63, 3.8) is 0 Å². The maximum absolute atomic E-state index is 14.1. The zero-order valence-electron chi connectivity index (χ0n) is 13.2. The highest BCUT2D eigenvalue weighted by Gasteiger charge is 2.34. The Hall–Kier alpha value is -3.16. The Kier molecular flexibility index (Phi) is 3.72. The van der Waals surface area contributed by atoms with Crippen molar-refractivity contribution < 1.29 is 14.0 Å². The summed E-state index contributed by atoms with van der Waals surface area (Å²) in [5, 5.41) is 12.5. The van der Waals surface area contributed by atoms with Gasteiger partial charge in [-0.25, -0.2) is 4.39 Å². The summed E-state index contributed by atoms with van der Waals surface area (Å²) in [5.41, 5.74) is 2.08. The summed E-state index contributed by atoms with van der Waals surface area (Å²) in [6, 6.07) is 5.13. The molecule has 8 heteroatoms. The van der Waals surface area contributed by atoms with Gasteiger partial charge >= 0.3 is 0 Å². The minimum Gasteiger partial charge on any atom is -0.361 e. The lowest BCUT2D eigenvalue weighted by atomic mass is 9.99. The number of hydrogen-bond donors (Lipinski definition) is 4. The van der Waals surface area contributed by atoms with Crippen molar-refractivity contribution in [2.45, 2.75) is 24.9 Å². The van der Waals surface area contributed by atoms with Crippen molar-refractivity contribution in [2.75, 3.05) is 0 Å². The zero-order valence-corrected chi connectivity index (χ0v) is 13.2. The minimum atomic E-state index is -0.732. The summed E-state index contributed by atoms with van der Waals surface area (Å²) in [5.74, 6) is -0.900. The number of carbonyl (C=O) groups excluding carboxylic acids is 2. The predicted molar refractivity (Wildman–Crippen MR) is 88.1 cm³/mol. The summed E-state index contributed by atoms with van der Waals surface area (Å²) in [6.07, 6.45) is 3.82. The number of benzene rings is 1. The molecule has 128 valence electrons. The molecule has 3 aromatic rings. The van der Waals surface area contributed by atoms with E-state index in [-0.39, 0.29) is 24.1 Å². The molecule has 0 bridgehead atoms. The van der Waals surface area contributed by atoms with Gasteiger partial charge in [-0.05, 0) is 23.8 Å². The van der Waals surface area contributed by atoms with Crippen LogP contribution in [0.25, 0.3) is 10.9 Å². The number of nitrogens with one attached hydrogen (secondary N) is 4. The van der Waals surface area contributed by atoms with Crippen LogP contribution in [0.1, 0.15) is 11.3 Å². The van der Waals surface area contributed by atoms with Crippen LogP contribution in [-0.2, 0) is 22.4 Å². The highest BCUT2D eigenvalue weighted by molar-refractivity contribution is 5.97. The van der Waals surface area contributed by atoms with Gasteiger partial charge in [0.05, 0.1) is 0 Å². The number of rotatable bonds is 4. The lowest BCUT2D eigenvalue weighted by molar-refractivity contribution is -0.136. The molecule has 1 saturated heterocycles. The van der Waals surface area contributed by atoms with Gasteiger partial charge in [-0.1, -0.05) is 6.07 Å². The molecule has 2 aromatic heterocycles. The number of hydrogen-bond acceptors (Lipinski definition) is 3. The van der Waals surface area contributed by atoms with Gasteiger partial charge in [-0.2, -0.15) is 5.10 Å². The largest absolute Gasteiger partial charge is 0.361 e. The van der Waals surface area contributed by atoms with Crippen molar-refractivity contribution in [3.05, 3.63) is 53.7 Å². The Labute approximate surface area is 142 Å². The molecular weight excluding hydrogens is 325 g/mol. The Bertz CT molecular complexity index is 934. The van der Waals surface area contributed by atoms with E-state index in [1.807, 2.05) is 0 Å². The fourth-order valence-electron chi connectivity index (χ4n) is 3.17. The van der Waals surface area contributed by atoms with E-state index >= 15 is 0 Å². The van der Waals surface area contributed by atoms with Crippen LogP contribution in [-0.4, -0.2) is 39.1 Å². The van der Waals surface area contributed by atoms with E-state index in [1.165, 1.54) is 6.07 Å². The number of aromatic nitrogens is 3. The Morgan fingerprint density at radius 1 is 1.04 bits per heavy atom. The monoisotopic (exact) mass is 341 g/mol. The highest BCUT2D eigenvalue weighted by Crippen LogP contribution is 2.23. The van der Waals surface area contributed by atoms with Gasteiger partial charge in [0.1, 0.15) is 17.9 Å². The van der Waals surface area contributed by atoms with Gasteiger partial charge in [0, 0.05) is 41.8 Å². The number of halogens is 1. The number of carbonyl (C=O) groups is 2. The van der Waals surface area contributed by atoms with Gasteiger partial charge < -0.3 is 15.6 Å². The van der Waals surface area contributed by atoms with Crippen molar-refractivity contribution in [1.29, 1.82) is 0 Å². The normalized spacial score (nSPS) is 20.5. The van der Waals surface area contributed by atoms with Crippen LogP contribution in [0.4, 0.5) is 4.39 Å². The van der Waals surface area contributed by atoms with Crippen LogP contribution in [0.3, 0.4) is 0 Å². The molecule has 1 aliphatic heterocycles. The van der Waals surface area contributed by atoms with Crippen molar-refractivity contribution in [1.82, 2.24) is 25.8 Å². The van der Waals surface area contributed by atoms with Gasteiger partial charge in [0.15, 0.2) is 0 Å². The molecule has 2 unspecified atom stereocenters. The molecule has 1 aromatic carbocycles. The average molecular weight is 341 g/mol. The molecule has 25 heavy (non-hydrogen) atoms. The third-order valence-corrected chi connectivity index (χ3v) is 4.41. The van der Waals surface area contributed by atoms with E-state index in [9.17, 15) is 14.0 Å². The summed E-state index contributed by atoms with van der Waals surface area (Å²) in [7, 11) is 0. The van der Waals surface area contributed by atoms with Crippen LogP contribution in [0.5, 0.6) is 0 Å². The molecule has 0 spiro atoms. The SMILES string of the molecule is O=C1NC(Cc2c[nH]c3cccc(F)c23)C(=O)NC1Cc1ccn[nH]1. The van der Waals surface area contributed by atoms with Crippen molar-refractivity contribution >= 4 is 22.7 Å². The second-order valence-corrected chi connectivity index (χ2v) is 6.09. The van der Waals surface area contributed by atoms with Crippen LogP contribution < -0.4 is 10.6 Å². The molecule has 2 atom stereocenters. The molecular formula is C17H16FN5O2. The first-order valence-electron chi connectivity index (χ1n) is 7.95. The summed E-state index contributed by atoms with van der Waals surface area (Å²) in [6.45, 7) is 0. The first-order valence-corrected chi connectivity index (χ1v) is 7.95. The average Bonchev–Trinajstić information content (AvgIpc) is 3.23. The van der Waals surface area contributed by atoms with Crippen LogP contribution in [0.15, 0.2) is 36.7 Å². The van der Waals surface area contributed by atoms with Gasteiger partial charge in [0.25, 0.3) is 0 Å². The number of aromatic amines is 2. The number of H-pyrrole nitrogens is 2. The van der Waals surface area contributed by atoms with Crippen molar-refractivity contribution in [3.8, 4) is 0 Å². The molecule has 1 aliphatic rings.